The van der Waals surface area contributed by atoms with Crippen molar-refractivity contribution in [3.63, 3.8) is 0 Å². The maximum absolute atomic E-state index is 13.3. The van der Waals surface area contributed by atoms with Gasteiger partial charge in [0.2, 0.25) is 10.0 Å². The van der Waals surface area contributed by atoms with Gasteiger partial charge in [-0.3, -0.25) is 4.79 Å². The van der Waals surface area contributed by atoms with Gasteiger partial charge in [-0.15, -0.1) is 0 Å². The van der Waals surface area contributed by atoms with Gasteiger partial charge >= 0.3 is 0 Å². The summed E-state index contributed by atoms with van der Waals surface area (Å²) in [7, 11) is -8.03. The Morgan fingerprint density at radius 3 is 2.32 bits per heavy atom. The summed E-state index contributed by atoms with van der Waals surface area (Å²) in [4.78, 5) is 13.1. The van der Waals surface area contributed by atoms with Crippen LogP contribution in [-0.4, -0.2) is 45.7 Å². The first-order chi connectivity index (χ1) is 20.8. The van der Waals surface area contributed by atoms with E-state index in [-0.39, 0.29) is 39.4 Å². The Balaban J connectivity index is 1.21. The quantitative estimate of drug-likeness (QED) is 0.373. The minimum atomic E-state index is -4.28. The molecular formula is C33H38N2O7S2. The number of ether oxygens (including phenoxy) is 2. The first kappa shape index (κ1) is 30.8. The lowest BCUT2D eigenvalue weighted by Crippen LogP contribution is -2.47. The largest absolute Gasteiger partial charge is 0.487 e. The molecule has 0 unspecified atom stereocenters. The number of hydrogen-bond donors (Lipinski definition) is 1. The predicted octanol–water partition coefficient (Wildman–Crippen LogP) is 5.61. The summed E-state index contributed by atoms with van der Waals surface area (Å²) >= 11 is 0. The number of benzene rings is 3. The molecule has 2 saturated heterocycles. The molecule has 3 aromatic rings. The number of hydrogen-bond acceptors (Lipinski definition) is 7. The van der Waals surface area contributed by atoms with Crippen LogP contribution in [0.2, 0.25) is 0 Å². The van der Waals surface area contributed by atoms with E-state index < -0.39 is 31.6 Å². The third-order valence-electron chi connectivity index (χ3n) is 9.05. The van der Waals surface area contributed by atoms with Crippen molar-refractivity contribution in [3.05, 3.63) is 89.5 Å². The van der Waals surface area contributed by atoms with Crippen molar-refractivity contribution in [2.24, 2.45) is 11.8 Å². The van der Waals surface area contributed by atoms with Crippen molar-refractivity contribution in [2.75, 3.05) is 13.1 Å². The first-order valence-corrected chi connectivity index (χ1v) is 18.0. The van der Waals surface area contributed by atoms with Crippen LogP contribution in [0, 0.1) is 11.8 Å². The molecule has 234 valence electrons. The Kier molecular flexibility index (Phi) is 8.11. The maximum atomic E-state index is 13.3. The van der Waals surface area contributed by atoms with E-state index in [2.05, 4.69) is 4.72 Å². The molecule has 0 aromatic heterocycles. The van der Waals surface area contributed by atoms with E-state index in [1.54, 1.807) is 12.1 Å². The van der Waals surface area contributed by atoms with E-state index in [1.165, 1.54) is 34.6 Å². The molecule has 1 N–H and O–H groups in total. The van der Waals surface area contributed by atoms with E-state index in [0.29, 0.717) is 24.4 Å². The number of carbonyl (C=O) groups is 1. The lowest BCUT2D eigenvalue weighted by molar-refractivity contribution is -0.151. The third kappa shape index (κ3) is 5.90. The van der Waals surface area contributed by atoms with Gasteiger partial charge in [0.05, 0.1) is 22.0 Å². The Morgan fingerprint density at radius 2 is 1.61 bits per heavy atom. The molecule has 1 amide bonds. The number of piperidine rings is 1. The van der Waals surface area contributed by atoms with Gasteiger partial charge in [0, 0.05) is 30.1 Å². The van der Waals surface area contributed by atoms with Crippen LogP contribution in [0.25, 0.3) is 0 Å². The van der Waals surface area contributed by atoms with Crippen LogP contribution in [0.5, 0.6) is 5.75 Å². The van der Waals surface area contributed by atoms with E-state index in [0.717, 1.165) is 31.2 Å². The van der Waals surface area contributed by atoms with Crippen LogP contribution < -0.4 is 9.46 Å². The summed E-state index contributed by atoms with van der Waals surface area (Å²) in [5.41, 5.74) is 1.46. The van der Waals surface area contributed by atoms with Crippen LogP contribution in [0.4, 0.5) is 0 Å². The fourth-order valence-corrected chi connectivity index (χ4v) is 9.22. The van der Waals surface area contributed by atoms with Gasteiger partial charge in [-0.25, -0.2) is 21.6 Å². The van der Waals surface area contributed by atoms with Gasteiger partial charge in [-0.1, -0.05) is 37.3 Å². The Morgan fingerprint density at radius 1 is 0.909 bits per heavy atom. The molecular weight excluding hydrogens is 601 g/mol. The summed E-state index contributed by atoms with van der Waals surface area (Å²) in [5, 5.41) is 0. The van der Waals surface area contributed by atoms with E-state index in [9.17, 15) is 21.6 Å². The molecule has 6 rings (SSSR count). The standard InChI is InChI=1S/C33H38N2O7S2/c1-22-8-7-19-35(21-22)44(39,40)26-14-12-25(13-15-26)43(37,38)34-32(36)24-11-17-30-27(20-24)31-28(33(2,3)42-30)16-18-29(41-31)23-9-5-4-6-10-23/h4-6,9-15,17,20,22,28-29,31H,7-8,16,18-19,21H2,1-3H3,(H,34,36)/t22-,28-,29+,31+/m1/s1. The maximum Gasteiger partial charge on any atom is 0.265 e. The number of carbonyl (C=O) groups excluding carboxylic acids is 1. The van der Waals surface area contributed by atoms with Crippen LogP contribution in [0.3, 0.4) is 0 Å². The minimum absolute atomic E-state index is 0.0188. The number of rotatable bonds is 6. The SMILES string of the molecule is C[C@@H]1CCCN(S(=O)(=O)c2ccc(S(=O)(=O)NC(=O)c3ccc4c(c3)[C@@H]3O[C@H](c5ccccc5)CC[C@H]3C(C)(C)O4)cc2)C1. The summed E-state index contributed by atoms with van der Waals surface area (Å²) < 4.78 is 69.1. The van der Waals surface area contributed by atoms with Gasteiger partial charge in [0.1, 0.15) is 11.4 Å². The summed E-state index contributed by atoms with van der Waals surface area (Å²) in [6.07, 6.45) is 3.01. The summed E-state index contributed by atoms with van der Waals surface area (Å²) in [5.74, 6) is 0.101. The zero-order valence-corrected chi connectivity index (χ0v) is 26.7. The second-order valence-electron chi connectivity index (χ2n) is 12.6. The third-order valence-corrected chi connectivity index (χ3v) is 12.3. The van der Waals surface area contributed by atoms with Crippen LogP contribution >= 0.6 is 0 Å². The second-order valence-corrected chi connectivity index (χ2v) is 16.2. The molecule has 0 spiro atoms. The van der Waals surface area contributed by atoms with E-state index in [4.69, 9.17) is 9.47 Å². The number of amides is 1. The topological polar surface area (TPSA) is 119 Å². The molecule has 0 bridgehead atoms. The minimum Gasteiger partial charge on any atom is -0.487 e. The zero-order valence-electron chi connectivity index (χ0n) is 25.1. The molecule has 9 nitrogen and oxygen atoms in total. The van der Waals surface area contributed by atoms with Gasteiger partial charge in [0.25, 0.3) is 15.9 Å². The van der Waals surface area contributed by atoms with Crippen molar-refractivity contribution in [3.8, 4) is 5.75 Å². The highest BCUT2D eigenvalue weighted by molar-refractivity contribution is 7.90. The monoisotopic (exact) mass is 638 g/mol. The highest BCUT2D eigenvalue weighted by Crippen LogP contribution is 2.53. The molecule has 4 atom stereocenters. The van der Waals surface area contributed by atoms with Crippen LogP contribution in [0.1, 0.15) is 80.1 Å². The smallest absolute Gasteiger partial charge is 0.265 e. The zero-order chi connectivity index (χ0) is 31.3. The summed E-state index contributed by atoms with van der Waals surface area (Å²) in [6.45, 7) is 6.96. The lowest BCUT2D eigenvalue weighted by atomic mass is 9.74. The van der Waals surface area contributed by atoms with Gasteiger partial charge < -0.3 is 9.47 Å². The second kappa shape index (κ2) is 11.6. The van der Waals surface area contributed by atoms with Crippen molar-refractivity contribution < 1.29 is 31.1 Å². The van der Waals surface area contributed by atoms with E-state index in [1.807, 2.05) is 51.1 Å². The number of nitrogens with zero attached hydrogens (tertiary/aromatic N) is 1. The fraction of sp³-hybridized carbons (Fsp3) is 0.424. The molecule has 2 fully saturated rings. The normalized spacial score (nSPS) is 25.2. The number of fused-ring (bicyclic) bond motifs is 3. The van der Waals surface area contributed by atoms with Crippen molar-refractivity contribution in [1.29, 1.82) is 0 Å². The predicted molar refractivity (Wildman–Crippen MR) is 165 cm³/mol. The lowest BCUT2D eigenvalue weighted by Gasteiger charge is -2.48. The van der Waals surface area contributed by atoms with Crippen LogP contribution in [-0.2, 0) is 24.8 Å². The molecule has 3 heterocycles. The molecule has 3 aliphatic heterocycles. The highest BCUT2D eigenvalue weighted by atomic mass is 32.2. The van der Waals surface area contributed by atoms with Gasteiger partial charge in [-0.05, 0) is 93.5 Å². The molecule has 0 aliphatic carbocycles. The molecule has 11 heteroatoms. The van der Waals surface area contributed by atoms with Gasteiger partial charge in [0.15, 0.2) is 0 Å². The molecule has 0 saturated carbocycles. The fourth-order valence-electron chi connectivity index (χ4n) is 6.65. The summed E-state index contributed by atoms with van der Waals surface area (Å²) in [6, 6.07) is 19.9. The highest BCUT2D eigenvalue weighted by Gasteiger charge is 2.48. The first-order valence-electron chi connectivity index (χ1n) is 15.1. The van der Waals surface area contributed by atoms with Crippen molar-refractivity contribution >= 4 is 26.0 Å². The number of sulfonamides is 2. The Labute approximate surface area is 259 Å². The van der Waals surface area contributed by atoms with Crippen molar-refractivity contribution in [2.45, 2.75) is 74.1 Å². The van der Waals surface area contributed by atoms with E-state index >= 15 is 0 Å². The number of nitrogens with one attached hydrogen (secondary N) is 1. The Hall–Kier alpha value is -3.25. The molecule has 3 aliphatic rings. The van der Waals surface area contributed by atoms with Gasteiger partial charge in [-0.2, -0.15) is 4.31 Å². The average molecular weight is 639 g/mol. The molecule has 3 aromatic carbocycles. The molecule has 0 radical (unpaired) electrons. The molecule has 44 heavy (non-hydrogen) atoms. The van der Waals surface area contributed by atoms with Crippen molar-refractivity contribution in [1.82, 2.24) is 9.03 Å². The average Bonchev–Trinajstić information content (AvgIpc) is 3.01. The Bertz CT molecular complexity index is 1760. The van der Waals surface area contributed by atoms with Crippen LogP contribution in [0.15, 0.2) is 82.6 Å².